The predicted octanol–water partition coefficient (Wildman–Crippen LogP) is 4.57. The molecule has 0 saturated heterocycles. The molecule has 0 aliphatic rings. The molecule has 0 atom stereocenters. The van der Waals surface area contributed by atoms with Crippen LogP contribution >= 0.6 is 11.6 Å². The minimum Gasteiger partial charge on any atom is -0.352 e. The number of nitrogens with zero attached hydrogens (tertiary/aromatic N) is 2. The SMILES string of the molecule is O=C(NCCCCCc1c[nH]c2ncccc12)c1cccn(Cc2ccc(Cl)cc2)c1=O. The average molecular weight is 449 g/mol. The molecule has 1 amide bonds. The second-order valence-corrected chi connectivity index (χ2v) is 8.20. The van der Waals surface area contributed by atoms with E-state index >= 15 is 0 Å². The highest BCUT2D eigenvalue weighted by atomic mass is 35.5. The maximum atomic E-state index is 12.7. The van der Waals surface area contributed by atoms with E-state index in [2.05, 4.69) is 21.4 Å². The predicted molar refractivity (Wildman–Crippen MR) is 127 cm³/mol. The number of amides is 1. The van der Waals surface area contributed by atoms with Gasteiger partial charge in [0.2, 0.25) is 0 Å². The highest BCUT2D eigenvalue weighted by Gasteiger charge is 2.12. The third-order valence-corrected chi connectivity index (χ3v) is 5.73. The summed E-state index contributed by atoms with van der Waals surface area (Å²) in [5.41, 5.74) is 2.99. The van der Waals surface area contributed by atoms with E-state index in [0.717, 1.165) is 36.9 Å². The summed E-state index contributed by atoms with van der Waals surface area (Å²) in [5, 5.41) is 4.69. The average Bonchev–Trinajstić information content (AvgIpc) is 3.22. The third kappa shape index (κ3) is 5.26. The molecule has 3 heterocycles. The van der Waals surface area contributed by atoms with Gasteiger partial charge in [0, 0.05) is 35.5 Å². The molecule has 0 radical (unpaired) electrons. The maximum Gasteiger partial charge on any atom is 0.263 e. The van der Waals surface area contributed by atoms with Gasteiger partial charge in [-0.15, -0.1) is 0 Å². The van der Waals surface area contributed by atoms with Crippen LogP contribution in [0.5, 0.6) is 0 Å². The first-order valence-electron chi connectivity index (χ1n) is 10.7. The summed E-state index contributed by atoms with van der Waals surface area (Å²) < 4.78 is 1.54. The van der Waals surface area contributed by atoms with Crippen molar-refractivity contribution >= 4 is 28.5 Å². The molecule has 2 N–H and O–H groups in total. The zero-order valence-electron chi connectivity index (χ0n) is 17.7. The van der Waals surface area contributed by atoms with Gasteiger partial charge in [-0.25, -0.2) is 4.98 Å². The maximum absolute atomic E-state index is 12.7. The van der Waals surface area contributed by atoms with Crippen LogP contribution in [0.1, 0.15) is 40.7 Å². The fourth-order valence-electron chi connectivity index (χ4n) is 3.75. The second kappa shape index (κ2) is 10.3. The van der Waals surface area contributed by atoms with Gasteiger partial charge in [0.25, 0.3) is 11.5 Å². The van der Waals surface area contributed by atoms with Crippen LogP contribution in [-0.4, -0.2) is 27.0 Å². The van der Waals surface area contributed by atoms with E-state index in [1.807, 2.05) is 24.4 Å². The Kier molecular flexibility index (Phi) is 7.02. The molecule has 0 aliphatic heterocycles. The van der Waals surface area contributed by atoms with E-state index in [0.29, 0.717) is 18.1 Å². The number of aryl methyl sites for hydroxylation is 1. The van der Waals surface area contributed by atoms with Crippen LogP contribution < -0.4 is 10.9 Å². The Morgan fingerprint density at radius 3 is 2.75 bits per heavy atom. The van der Waals surface area contributed by atoms with Gasteiger partial charge in [0.15, 0.2) is 0 Å². The minimum absolute atomic E-state index is 0.160. The normalized spacial score (nSPS) is 11.0. The summed E-state index contributed by atoms with van der Waals surface area (Å²) in [6, 6.07) is 14.6. The van der Waals surface area contributed by atoms with Crippen molar-refractivity contribution in [3.8, 4) is 0 Å². The second-order valence-electron chi connectivity index (χ2n) is 7.76. The van der Waals surface area contributed by atoms with Gasteiger partial charge in [-0.1, -0.05) is 30.2 Å². The summed E-state index contributed by atoms with van der Waals surface area (Å²) >= 11 is 5.92. The number of rotatable bonds is 9. The van der Waals surface area contributed by atoms with Crippen LogP contribution in [-0.2, 0) is 13.0 Å². The third-order valence-electron chi connectivity index (χ3n) is 5.48. The van der Waals surface area contributed by atoms with E-state index in [1.165, 1.54) is 15.5 Å². The first-order valence-corrected chi connectivity index (χ1v) is 11.1. The lowest BCUT2D eigenvalue weighted by molar-refractivity contribution is 0.0951. The first-order chi connectivity index (χ1) is 15.6. The molecule has 0 spiro atoms. The molecule has 4 aromatic rings. The van der Waals surface area contributed by atoms with Crippen molar-refractivity contribution in [2.24, 2.45) is 0 Å². The van der Waals surface area contributed by atoms with Crippen LogP contribution in [0.4, 0.5) is 0 Å². The molecule has 7 heteroatoms. The summed E-state index contributed by atoms with van der Waals surface area (Å²) in [4.78, 5) is 32.8. The summed E-state index contributed by atoms with van der Waals surface area (Å²) in [6.45, 7) is 0.931. The standard InChI is InChI=1S/C25H25ClN4O2/c26-20-11-9-18(10-12-20)17-30-15-5-8-22(25(30)32)24(31)28-13-3-1-2-6-19-16-29-23-21(19)7-4-14-27-23/h4-5,7-12,14-16H,1-3,6,13,17H2,(H,27,29)(H,28,31). The van der Waals surface area contributed by atoms with Crippen molar-refractivity contribution in [2.45, 2.75) is 32.2 Å². The number of fused-ring (bicyclic) bond motifs is 1. The quantitative estimate of drug-likeness (QED) is 0.368. The molecule has 6 nitrogen and oxygen atoms in total. The Morgan fingerprint density at radius 1 is 1.06 bits per heavy atom. The molecule has 1 aromatic carbocycles. The number of unbranched alkanes of at least 4 members (excludes halogenated alkanes) is 2. The van der Waals surface area contributed by atoms with Crippen LogP contribution in [0.25, 0.3) is 11.0 Å². The van der Waals surface area contributed by atoms with Gasteiger partial charge in [-0.05, 0) is 66.8 Å². The summed E-state index contributed by atoms with van der Waals surface area (Å²) in [5.74, 6) is -0.330. The molecule has 0 saturated carbocycles. The van der Waals surface area contributed by atoms with Crippen molar-refractivity contribution in [1.29, 1.82) is 0 Å². The lowest BCUT2D eigenvalue weighted by Crippen LogP contribution is -2.33. The van der Waals surface area contributed by atoms with Crippen molar-refractivity contribution in [1.82, 2.24) is 19.9 Å². The van der Waals surface area contributed by atoms with Gasteiger partial charge in [0.1, 0.15) is 11.2 Å². The highest BCUT2D eigenvalue weighted by molar-refractivity contribution is 6.30. The van der Waals surface area contributed by atoms with E-state index in [1.54, 1.807) is 36.7 Å². The van der Waals surface area contributed by atoms with E-state index in [9.17, 15) is 9.59 Å². The topological polar surface area (TPSA) is 79.8 Å². The zero-order chi connectivity index (χ0) is 22.3. The van der Waals surface area contributed by atoms with Gasteiger partial charge in [0.05, 0.1) is 6.54 Å². The van der Waals surface area contributed by atoms with Crippen LogP contribution in [0.2, 0.25) is 5.02 Å². The number of aromatic amines is 1. The van der Waals surface area contributed by atoms with Gasteiger partial charge in [-0.3, -0.25) is 9.59 Å². The highest BCUT2D eigenvalue weighted by Crippen LogP contribution is 2.18. The first kappa shape index (κ1) is 21.8. The number of hydrogen-bond acceptors (Lipinski definition) is 3. The van der Waals surface area contributed by atoms with Crippen molar-refractivity contribution < 1.29 is 4.79 Å². The van der Waals surface area contributed by atoms with Crippen LogP contribution in [0.15, 0.2) is 71.9 Å². The number of H-pyrrole nitrogens is 1. The Balaban J connectivity index is 1.25. The number of hydrogen-bond donors (Lipinski definition) is 2. The van der Waals surface area contributed by atoms with E-state index in [-0.39, 0.29) is 17.0 Å². The molecular formula is C25H25ClN4O2. The Hall–Kier alpha value is -3.38. The molecule has 3 aromatic heterocycles. The van der Waals surface area contributed by atoms with Gasteiger partial charge in [-0.2, -0.15) is 0 Å². The van der Waals surface area contributed by atoms with Crippen LogP contribution in [0, 0.1) is 0 Å². The Morgan fingerprint density at radius 2 is 1.91 bits per heavy atom. The monoisotopic (exact) mass is 448 g/mol. The number of aromatic nitrogens is 3. The van der Waals surface area contributed by atoms with E-state index < -0.39 is 0 Å². The number of halogens is 1. The fourth-order valence-corrected chi connectivity index (χ4v) is 3.88. The fraction of sp³-hybridized carbons (Fsp3) is 0.240. The van der Waals surface area contributed by atoms with E-state index in [4.69, 9.17) is 11.6 Å². The zero-order valence-corrected chi connectivity index (χ0v) is 18.4. The molecule has 0 bridgehead atoms. The molecular weight excluding hydrogens is 424 g/mol. The van der Waals surface area contributed by atoms with Gasteiger partial charge < -0.3 is 14.9 Å². The number of benzene rings is 1. The molecule has 164 valence electrons. The Bertz CT molecular complexity index is 1260. The Labute approximate surface area is 191 Å². The molecule has 4 rings (SSSR count). The van der Waals surface area contributed by atoms with Crippen molar-refractivity contribution in [3.63, 3.8) is 0 Å². The molecule has 32 heavy (non-hydrogen) atoms. The van der Waals surface area contributed by atoms with Gasteiger partial charge >= 0.3 is 0 Å². The number of carbonyl (C=O) groups is 1. The molecule has 0 fully saturated rings. The lowest BCUT2D eigenvalue weighted by atomic mass is 10.1. The van der Waals surface area contributed by atoms with Crippen molar-refractivity contribution in [2.75, 3.05) is 6.54 Å². The lowest BCUT2D eigenvalue weighted by Gasteiger charge is -2.09. The molecule has 0 unspecified atom stereocenters. The number of nitrogens with one attached hydrogen (secondary N) is 2. The summed E-state index contributed by atoms with van der Waals surface area (Å²) in [6.07, 6.45) is 9.33. The van der Waals surface area contributed by atoms with Crippen molar-refractivity contribution in [3.05, 3.63) is 99.2 Å². The number of pyridine rings is 2. The minimum atomic E-state index is -0.330. The smallest absolute Gasteiger partial charge is 0.263 e. The largest absolute Gasteiger partial charge is 0.352 e. The number of carbonyl (C=O) groups excluding carboxylic acids is 1. The summed E-state index contributed by atoms with van der Waals surface area (Å²) in [7, 11) is 0. The molecule has 0 aliphatic carbocycles. The van der Waals surface area contributed by atoms with Crippen LogP contribution in [0.3, 0.4) is 0 Å².